The Morgan fingerprint density at radius 1 is 1.20 bits per heavy atom. The first kappa shape index (κ1) is 9.41. The van der Waals surface area contributed by atoms with Crippen LogP contribution < -0.4 is 5.32 Å². The molecule has 15 heavy (non-hydrogen) atoms. The van der Waals surface area contributed by atoms with Crippen LogP contribution in [-0.2, 0) is 0 Å². The summed E-state index contributed by atoms with van der Waals surface area (Å²) in [7, 11) is 0. The molecular formula is C14H19N. The molecule has 2 atom stereocenters. The lowest BCUT2D eigenvalue weighted by molar-refractivity contribution is 0.535. The average molecular weight is 201 g/mol. The van der Waals surface area contributed by atoms with Crippen molar-refractivity contribution in [1.29, 1.82) is 0 Å². The molecule has 1 heterocycles. The molecule has 1 saturated heterocycles. The second-order valence-electron chi connectivity index (χ2n) is 5.14. The highest BCUT2D eigenvalue weighted by molar-refractivity contribution is 5.30. The van der Waals surface area contributed by atoms with E-state index < -0.39 is 0 Å². The Balaban J connectivity index is 1.75. The minimum Gasteiger partial charge on any atom is -0.313 e. The van der Waals surface area contributed by atoms with Gasteiger partial charge in [0.25, 0.3) is 0 Å². The van der Waals surface area contributed by atoms with Crippen molar-refractivity contribution in [2.75, 3.05) is 6.54 Å². The molecule has 0 bridgehead atoms. The van der Waals surface area contributed by atoms with Crippen molar-refractivity contribution in [2.45, 2.75) is 38.1 Å². The van der Waals surface area contributed by atoms with Crippen molar-refractivity contribution in [2.24, 2.45) is 5.92 Å². The summed E-state index contributed by atoms with van der Waals surface area (Å²) < 4.78 is 0. The minimum atomic E-state index is 0.761. The molecule has 0 aromatic heterocycles. The lowest BCUT2D eigenvalue weighted by Gasteiger charge is -2.12. The van der Waals surface area contributed by atoms with Crippen LogP contribution in [0.25, 0.3) is 0 Å². The molecule has 1 N–H and O–H groups in total. The average Bonchev–Trinajstić information content (AvgIpc) is 2.99. The SMILES string of the molecule is Cc1ccccc1C1CNC(C2CC2)C1. The van der Waals surface area contributed by atoms with Crippen molar-refractivity contribution in [3.8, 4) is 0 Å². The fourth-order valence-electron chi connectivity index (χ4n) is 2.91. The first-order valence-corrected chi connectivity index (χ1v) is 6.13. The van der Waals surface area contributed by atoms with Gasteiger partial charge in [-0.15, -0.1) is 0 Å². The second kappa shape index (κ2) is 3.64. The van der Waals surface area contributed by atoms with Gasteiger partial charge in [0.05, 0.1) is 0 Å². The van der Waals surface area contributed by atoms with Crippen molar-refractivity contribution in [3.63, 3.8) is 0 Å². The zero-order valence-electron chi connectivity index (χ0n) is 9.37. The van der Waals surface area contributed by atoms with Crippen molar-refractivity contribution in [1.82, 2.24) is 5.32 Å². The third kappa shape index (κ3) is 1.81. The molecule has 0 spiro atoms. The second-order valence-corrected chi connectivity index (χ2v) is 5.14. The summed E-state index contributed by atoms with van der Waals surface area (Å²) in [5, 5.41) is 3.69. The van der Waals surface area contributed by atoms with E-state index in [1.165, 1.54) is 31.4 Å². The molecule has 0 amide bonds. The van der Waals surface area contributed by atoms with Gasteiger partial charge in [0.1, 0.15) is 0 Å². The van der Waals surface area contributed by atoms with Gasteiger partial charge in [0.15, 0.2) is 0 Å². The van der Waals surface area contributed by atoms with E-state index in [4.69, 9.17) is 0 Å². The number of nitrogens with one attached hydrogen (secondary N) is 1. The highest BCUT2D eigenvalue weighted by atomic mass is 15.0. The van der Waals surface area contributed by atoms with Gasteiger partial charge in [-0.1, -0.05) is 24.3 Å². The standard InChI is InChI=1S/C14H19N/c1-10-4-2-3-5-13(10)12-8-14(15-9-12)11-6-7-11/h2-5,11-12,14-15H,6-9H2,1H3. The van der Waals surface area contributed by atoms with Crippen LogP contribution in [0.15, 0.2) is 24.3 Å². The number of benzene rings is 1. The van der Waals surface area contributed by atoms with Crippen LogP contribution in [0.2, 0.25) is 0 Å². The number of hydrogen-bond acceptors (Lipinski definition) is 1. The molecule has 1 saturated carbocycles. The van der Waals surface area contributed by atoms with Gasteiger partial charge in [-0.25, -0.2) is 0 Å². The van der Waals surface area contributed by atoms with Crippen LogP contribution in [0.1, 0.15) is 36.3 Å². The smallest absolute Gasteiger partial charge is 0.0102 e. The van der Waals surface area contributed by atoms with E-state index in [-0.39, 0.29) is 0 Å². The van der Waals surface area contributed by atoms with E-state index in [2.05, 4.69) is 36.5 Å². The molecule has 0 radical (unpaired) electrons. The van der Waals surface area contributed by atoms with Gasteiger partial charge in [0, 0.05) is 12.6 Å². The number of rotatable bonds is 2. The highest BCUT2D eigenvalue weighted by Crippen LogP contribution is 2.40. The van der Waals surface area contributed by atoms with Crippen LogP contribution >= 0.6 is 0 Å². The van der Waals surface area contributed by atoms with Crippen LogP contribution in [0.4, 0.5) is 0 Å². The molecule has 1 aliphatic carbocycles. The molecule has 2 aliphatic rings. The van der Waals surface area contributed by atoms with E-state index in [1.807, 2.05) is 0 Å². The maximum atomic E-state index is 3.69. The Labute approximate surface area is 91.9 Å². The quantitative estimate of drug-likeness (QED) is 0.776. The largest absolute Gasteiger partial charge is 0.313 e. The predicted molar refractivity (Wildman–Crippen MR) is 63.1 cm³/mol. The van der Waals surface area contributed by atoms with E-state index in [0.717, 1.165) is 17.9 Å². The summed E-state index contributed by atoms with van der Waals surface area (Å²) >= 11 is 0. The van der Waals surface area contributed by atoms with Crippen molar-refractivity contribution in [3.05, 3.63) is 35.4 Å². The predicted octanol–water partition coefficient (Wildman–Crippen LogP) is 2.85. The third-order valence-electron chi connectivity index (χ3n) is 3.98. The zero-order chi connectivity index (χ0) is 10.3. The van der Waals surface area contributed by atoms with Gasteiger partial charge < -0.3 is 5.32 Å². The van der Waals surface area contributed by atoms with E-state index >= 15 is 0 Å². The molecule has 2 fully saturated rings. The molecular weight excluding hydrogens is 182 g/mol. The Kier molecular flexibility index (Phi) is 2.28. The summed E-state index contributed by atoms with van der Waals surface area (Å²) in [4.78, 5) is 0. The Morgan fingerprint density at radius 3 is 2.73 bits per heavy atom. The molecule has 1 heteroatoms. The van der Waals surface area contributed by atoms with Crippen LogP contribution in [0, 0.1) is 12.8 Å². The summed E-state index contributed by atoms with van der Waals surface area (Å²) in [6.45, 7) is 3.42. The van der Waals surface area contributed by atoms with Crippen LogP contribution in [0.5, 0.6) is 0 Å². The minimum absolute atomic E-state index is 0.761. The summed E-state index contributed by atoms with van der Waals surface area (Å²) in [5.74, 6) is 1.76. The molecule has 1 aromatic rings. The Morgan fingerprint density at radius 2 is 2.00 bits per heavy atom. The summed E-state index contributed by atoms with van der Waals surface area (Å²) in [5.41, 5.74) is 3.02. The third-order valence-corrected chi connectivity index (χ3v) is 3.98. The van der Waals surface area contributed by atoms with Gasteiger partial charge >= 0.3 is 0 Å². The molecule has 3 rings (SSSR count). The maximum absolute atomic E-state index is 3.69. The molecule has 1 aromatic carbocycles. The lowest BCUT2D eigenvalue weighted by atomic mass is 9.92. The number of hydrogen-bond donors (Lipinski definition) is 1. The normalized spacial score (nSPS) is 30.7. The number of aryl methyl sites for hydroxylation is 1. The molecule has 1 aliphatic heterocycles. The topological polar surface area (TPSA) is 12.0 Å². The van der Waals surface area contributed by atoms with E-state index in [9.17, 15) is 0 Å². The van der Waals surface area contributed by atoms with Crippen LogP contribution in [0.3, 0.4) is 0 Å². The first-order chi connectivity index (χ1) is 7.34. The summed E-state index contributed by atoms with van der Waals surface area (Å²) in [6.07, 6.45) is 4.27. The fraction of sp³-hybridized carbons (Fsp3) is 0.571. The van der Waals surface area contributed by atoms with Gasteiger partial charge in [-0.2, -0.15) is 0 Å². The first-order valence-electron chi connectivity index (χ1n) is 6.13. The van der Waals surface area contributed by atoms with Gasteiger partial charge in [-0.05, 0) is 49.1 Å². The van der Waals surface area contributed by atoms with Crippen LogP contribution in [-0.4, -0.2) is 12.6 Å². The molecule has 2 unspecified atom stereocenters. The Hall–Kier alpha value is -0.820. The molecule has 80 valence electrons. The molecule has 1 nitrogen and oxygen atoms in total. The van der Waals surface area contributed by atoms with Crippen molar-refractivity contribution < 1.29 is 0 Å². The highest BCUT2D eigenvalue weighted by Gasteiger charge is 2.36. The summed E-state index contributed by atoms with van der Waals surface area (Å²) in [6, 6.07) is 9.66. The van der Waals surface area contributed by atoms with Gasteiger partial charge in [-0.3, -0.25) is 0 Å². The van der Waals surface area contributed by atoms with Crippen molar-refractivity contribution >= 4 is 0 Å². The van der Waals surface area contributed by atoms with E-state index in [0.29, 0.717) is 0 Å². The lowest BCUT2D eigenvalue weighted by Crippen LogP contribution is -2.22. The monoisotopic (exact) mass is 201 g/mol. The maximum Gasteiger partial charge on any atom is 0.0102 e. The van der Waals surface area contributed by atoms with Gasteiger partial charge in [0.2, 0.25) is 0 Å². The Bertz CT molecular complexity index is 354. The fourth-order valence-corrected chi connectivity index (χ4v) is 2.91. The van der Waals surface area contributed by atoms with E-state index in [1.54, 1.807) is 5.56 Å². The zero-order valence-corrected chi connectivity index (χ0v) is 9.37.